The molecule has 2 aromatic heterocycles. The SMILES string of the molecule is Cc1nc(N2CCCc3nc(C(C)NC(=O)c4ccc(Cl)cc4)ccc32)c2cc(Cl)ccc2n1.O=C(O)C(F)(F)F. The third-order valence-corrected chi connectivity index (χ3v) is 6.69. The van der Waals surface area contributed by atoms with Crippen LogP contribution < -0.4 is 10.2 Å². The maximum Gasteiger partial charge on any atom is 0.490 e. The second-order valence-electron chi connectivity index (χ2n) is 9.22. The molecule has 1 atom stereocenters. The number of rotatable bonds is 4. The number of carbonyl (C=O) groups is 2. The van der Waals surface area contributed by atoms with E-state index in [9.17, 15) is 18.0 Å². The summed E-state index contributed by atoms with van der Waals surface area (Å²) in [5, 5.41) is 12.3. The Morgan fingerprint density at radius 2 is 1.66 bits per heavy atom. The van der Waals surface area contributed by atoms with Gasteiger partial charge >= 0.3 is 12.1 Å². The molecule has 0 spiro atoms. The largest absolute Gasteiger partial charge is 0.490 e. The van der Waals surface area contributed by atoms with Crippen molar-refractivity contribution in [2.75, 3.05) is 11.4 Å². The number of aliphatic carboxylic acids is 1. The molecule has 2 N–H and O–H groups in total. The van der Waals surface area contributed by atoms with Gasteiger partial charge in [0.05, 0.1) is 28.6 Å². The molecule has 1 unspecified atom stereocenters. The van der Waals surface area contributed by atoms with Crippen LogP contribution in [-0.2, 0) is 11.2 Å². The summed E-state index contributed by atoms with van der Waals surface area (Å²) in [5.41, 5.74) is 4.25. The number of alkyl halides is 3. The van der Waals surface area contributed by atoms with Gasteiger partial charge in [-0.25, -0.2) is 14.8 Å². The predicted octanol–water partition coefficient (Wildman–Crippen LogP) is 6.85. The normalized spacial score (nSPS) is 13.6. The highest BCUT2D eigenvalue weighted by molar-refractivity contribution is 6.31. The van der Waals surface area contributed by atoms with E-state index in [0.717, 1.165) is 53.2 Å². The number of carbonyl (C=O) groups excluding carboxylic acids is 1. The Kier molecular flexibility index (Phi) is 8.98. The van der Waals surface area contributed by atoms with Crippen LogP contribution >= 0.6 is 23.2 Å². The molecule has 0 fully saturated rings. The maximum atomic E-state index is 12.6. The highest BCUT2D eigenvalue weighted by Gasteiger charge is 2.38. The summed E-state index contributed by atoms with van der Waals surface area (Å²) in [5.74, 6) is -1.37. The van der Waals surface area contributed by atoms with E-state index >= 15 is 0 Å². The van der Waals surface area contributed by atoms with Crippen LogP contribution in [0.25, 0.3) is 10.9 Å². The van der Waals surface area contributed by atoms with Crippen molar-refractivity contribution in [1.29, 1.82) is 0 Å². The minimum Gasteiger partial charge on any atom is -0.475 e. The minimum atomic E-state index is -5.08. The molecule has 13 heteroatoms. The Hall–Kier alpha value is -3.96. The lowest BCUT2D eigenvalue weighted by molar-refractivity contribution is -0.192. The summed E-state index contributed by atoms with van der Waals surface area (Å²) in [6.45, 7) is 4.66. The van der Waals surface area contributed by atoms with Crippen molar-refractivity contribution >= 4 is 57.5 Å². The number of halogens is 5. The van der Waals surface area contributed by atoms with E-state index in [0.29, 0.717) is 21.4 Å². The number of pyridine rings is 1. The van der Waals surface area contributed by atoms with Gasteiger partial charge in [-0.2, -0.15) is 13.2 Å². The molecule has 1 amide bonds. The number of hydrogen-bond donors (Lipinski definition) is 2. The Labute approximate surface area is 243 Å². The van der Waals surface area contributed by atoms with Gasteiger partial charge in [0, 0.05) is 27.5 Å². The van der Waals surface area contributed by atoms with Crippen molar-refractivity contribution in [3.05, 3.63) is 87.4 Å². The third-order valence-electron chi connectivity index (χ3n) is 6.20. The predicted molar refractivity (Wildman–Crippen MR) is 150 cm³/mol. The molecular weight excluding hydrogens is 582 g/mol. The van der Waals surface area contributed by atoms with E-state index in [-0.39, 0.29) is 11.9 Å². The Balaban J connectivity index is 0.000000493. The zero-order chi connectivity index (χ0) is 29.9. The van der Waals surface area contributed by atoms with Gasteiger partial charge in [0.1, 0.15) is 11.6 Å². The first-order valence-electron chi connectivity index (χ1n) is 12.4. The number of aryl methyl sites for hydroxylation is 2. The molecule has 3 heterocycles. The number of amides is 1. The van der Waals surface area contributed by atoms with E-state index in [1.54, 1.807) is 24.3 Å². The van der Waals surface area contributed by atoms with E-state index in [2.05, 4.69) is 21.3 Å². The minimum absolute atomic E-state index is 0.162. The maximum absolute atomic E-state index is 12.6. The zero-order valence-electron chi connectivity index (χ0n) is 21.8. The lowest BCUT2D eigenvalue weighted by Gasteiger charge is -2.31. The molecule has 4 aromatic rings. The molecule has 1 aliphatic heterocycles. The molecule has 0 saturated heterocycles. The van der Waals surface area contributed by atoms with Crippen molar-refractivity contribution < 1.29 is 27.9 Å². The van der Waals surface area contributed by atoms with Crippen molar-refractivity contribution in [3.63, 3.8) is 0 Å². The molecular formula is C28H24Cl2F3N5O3. The highest BCUT2D eigenvalue weighted by Crippen LogP contribution is 2.36. The van der Waals surface area contributed by atoms with E-state index in [1.165, 1.54) is 0 Å². The van der Waals surface area contributed by atoms with Crippen LogP contribution in [0.1, 0.15) is 47.0 Å². The van der Waals surface area contributed by atoms with Crippen LogP contribution in [0, 0.1) is 6.92 Å². The lowest BCUT2D eigenvalue weighted by Crippen LogP contribution is -2.29. The van der Waals surface area contributed by atoms with Crippen LogP contribution in [0.2, 0.25) is 10.0 Å². The van der Waals surface area contributed by atoms with Gasteiger partial charge in [-0.1, -0.05) is 23.2 Å². The fourth-order valence-corrected chi connectivity index (χ4v) is 4.58. The summed E-state index contributed by atoms with van der Waals surface area (Å²) >= 11 is 12.2. The molecule has 5 rings (SSSR count). The number of fused-ring (bicyclic) bond motifs is 2. The van der Waals surface area contributed by atoms with Gasteiger partial charge in [0.25, 0.3) is 5.91 Å². The topological polar surface area (TPSA) is 108 Å². The summed E-state index contributed by atoms with van der Waals surface area (Å²) in [6.07, 6.45) is -3.28. The summed E-state index contributed by atoms with van der Waals surface area (Å²) in [6, 6.07) is 16.3. The standard InChI is InChI=1S/C26H23Cl2N5O.C2HF3O2/c1-15(29-26(34)17-5-7-18(27)8-6-17)21-11-12-24-23(32-21)4-3-13-33(24)25-20-14-19(28)9-10-22(20)30-16(2)31-25;3-2(4,5)1(6)7/h5-12,14-15H,3-4,13H2,1-2H3,(H,29,34);(H,6,7). The zero-order valence-corrected chi connectivity index (χ0v) is 23.3. The van der Waals surface area contributed by atoms with Gasteiger partial charge in [-0.15, -0.1) is 0 Å². The molecule has 41 heavy (non-hydrogen) atoms. The number of benzene rings is 2. The lowest BCUT2D eigenvalue weighted by atomic mass is 10.0. The fourth-order valence-electron chi connectivity index (χ4n) is 4.29. The Morgan fingerprint density at radius 3 is 2.32 bits per heavy atom. The van der Waals surface area contributed by atoms with Crippen LogP contribution in [0.5, 0.6) is 0 Å². The first kappa shape index (κ1) is 30.0. The number of nitrogens with one attached hydrogen (secondary N) is 1. The van der Waals surface area contributed by atoms with Crippen molar-refractivity contribution in [2.45, 2.75) is 38.9 Å². The number of aromatic nitrogens is 3. The second kappa shape index (κ2) is 12.3. The first-order chi connectivity index (χ1) is 19.3. The molecule has 8 nitrogen and oxygen atoms in total. The van der Waals surface area contributed by atoms with Gasteiger partial charge in [-0.05, 0) is 81.3 Å². The first-order valence-corrected chi connectivity index (χ1v) is 13.2. The fraction of sp³-hybridized carbons (Fsp3) is 0.250. The van der Waals surface area contributed by atoms with Crippen LogP contribution in [-0.4, -0.2) is 44.7 Å². The number of nitrogens with zero attached hydrogens (tertiary/aromatic N) is 4. The molecule has 0 bridgehead atoms. The summed E-state index contributed by atoms with van der Waals surface area (Å²) in [4.78, 5) is 38.0. The Bertz CT molecular complexity index is 1600. The molecule has 0 saturated carbocycles. The summed E-state index contributed by atoms with van der Waals surface area (Å²) in [7, 11) is 0. The monoisotopic (exact) mass is 605 g/mol. The van der Waals surface area contributed by atoms with Crippen molar-refractivity contribution in [1.82, 2.24) is 20.3 Å². The van der Waals surface area contributed by atoms with E-state index in [4.69, 9.17) is 43.1 Å². The number of carboxylic acid groups (broad SMARTS) is 1. The van der Waals surface area contributed by atoms with Crippen LogP contribution in [0.3, 0.4) is 0 Å². The second-order valence-corrected chi connectivity index (χ2v) is 10.1. The van der Waals surface area contributed by atoms with Crippen molar-refractivity contribution in [3.8, 4) is 0 Å². The quantitative estimate of drug-likeness (QED) is 0.262. The van der Waals surface area contributed by atoms with Crippen LogP contribution in [0.4, 0.5) is 24.7 Å². The average Bonchev–Trinajstić information content (AvgIpc) is 2.92. The average molecular weight is 606 g/mol. The van der Waals surface area contributed by atoms with Gasteiger partial charge in [0.15, 0.2) is 0 Å². The number of carboxylic acids is 1. The Morgan fingerprint density at radius 1 is 1.00 bits per heavy atom. The van der Waals surface area contributed by atoms with Gasteiger partial charge < -0.3 is 15.3 Å². The van der Waals surface area contributed by atoms with Crippen molar-refractivity contribution in [2.24, 2.45) is 0 Å². The number of anilines is 2. The van der Waals surface area contributed by atoms with Gasteiger partial charge in [0.2, 0.25) is 0 Å². The van der Waals surface area contributed by atoms with Crippen LogP contribution in [0.15, 0.2) is 54.6 Å². The molecule has 214 valence electrons. The van der Waals surface area contributed by atoms with Gasteiger partial charge in [-0.3, -0.25) is 9.78 Å². The molecule has 0 radical (unpaired) electrons. The third kappa shape index (κ3) is 7.22. The summed E-state index contributed by atoms with van der Waals surface area (Å²) < 4.78 is 31.7. The number of hydrogen-bond acceptors (Lipinski definition) is 6. The molecule has 1 aliphatic rings. The smallest absolute Gasteiger partial charge is 0.475 e. The van der Waals surface area contributed by atoms with E-state index in [1.807, 2.05) is 38.1 Å². The highest BCUT2D eigenvalue weighted by atomic mass is 35.5. The molecule has 0 aliphatic carbocycles. The molecule has 2 aromatic carbocycles. The van der Waals surface area contributed by atoms with E-state index < -0.39 is 12.1 Å².